The highest BCUT2D eigenvalue weighted by molar-refractivity contribution is 5.98. The van der Waals surface area contributed by atoms with Gasteiger partial charge in [-0.3, -0.25) is 4.79 Å². The van der Waals surface area contributed by atoms with Gasteiger partial charge in [0.2, 0.25) is 0 Å². The minimum atomic E-state index is -0.378. The van der Waals surface area contributed by atoms with Gasteiger partial charge in [-0.05, 0) is 49.3 Å². The van der Waals surface area contributed by atoms with Crippen LogP contribution in [0, 0.1) is 5.92 Å². The van der Waals surface area contributed by atoms with Crippen molar-refractivity contribution in [3.8, 4) is 11.1 Å². The number of nitrogens with one attached hydrogen (secondary N) is 1. The van der Waals surface area contributed by atoms with E-state index in [2.05, 4.69) is 17.1 Å². The van der Waals surface area contributed by atoms with E-state index < -0.39 is 0 Å². The van der Waals surface area contributed by atoms with E-state index in [1.54, 1.807) is 24.3 Å². The van der Waals surface area contributed by atoms with Crippen molar-refractivity contribution in [1.82, 2.24) is 10.2 Å². The van der Waals surface area contributed by atoms with Crippen LogP contribution in [0.3, 0.4) is 0 Å². The van der Waals surface area contributed by atoms with E-state index in [1.807, 2.05) is 38.4 Å². The monoisotopic (exact) mass is 354 g/mol. The van der Waals surface area contributed by atoms with Crippen LogP contribution in [-0.4, -0.2) is 51.1 Å². The zero-order chi connectivity index (χ0) is 19.1. The molecule has 0 radical (unpaired) electrons. The Morgan fingerprint density at radius 3 is 2.35 bits per heavy atom. The van der Waals surface area contributed by atoms with Crippen LogP contribution in [0.2, 0.25) is 0 Å². The second kappa shape index (κ2) is 9.15. The van der Waals surface area contributed by atoms with Crippen LogP contribution in [0.4, 0.5) is 0 Å². The highest BCUT2D eigenvalue weighted by Gasteiger charge is 2.13. The van der Waals surface area contributed by atoms with Crippen molar-refractivity contribution < 1.29 is 14.3 Å². The zero-order valence-corrected chi connectivity index (χ0v) is 15.8. The van der Waals surface area contributed by atoms with Gasteiger partial charge in [-0.15, -0.1) is 0 Å². The van der Waals surface area contributed by atoms with Crippen LogP contribution in [0.1, 0.15) is 27.6 Å². The summed E-state index contributed by atoms with van der Waals surface area (Å²) in [5, 5.41) is 2.96. The van der Waals surface area contributed by atoms with Gasteiger partial charge >= 0.3 is 5.97 Å². The van der Waals surface area contributed by atoms with E-state index in [1.165, 1.54) is 7.11 Å². The van der Waals surface area contributed by atoms with Gasteiger partial charge in [-0.1, -0.05) is 37.3 Å². The number of rotatable bonds is 7. The first-order valence-electron chi connectivity index (χ1n) is 8.63. The molecule has 1 N–H and O–H groups in total. The Morgan fingerprint density at radius 2 is 1.73 bits per heavy atom. The van der Waals surface area contributed by atoms with E-state index in [-0.39, 0.29) is 11.9 Å². The molecule has 0 aliphatic rings. The molecule has 2 rings (SSSR count). The Kier molecular flexibility index (Phi) is 6.92. The molecule has 5 nitrogen and oxygen atoms in total. The molecule has 0 spiro atoms. The molecule has 0 fully saturated rings. The molecule has 0 aliphatic heterocycles. The molecule has 0 heterocycles. The van der Waals surface area contributed by atoms with Gasteiger partial charge in [0.25, 0.3) is 5.91 Å². The number of methoxy groups -OCH3 is 1. The molecule has 2 aromatic carbocycles. The van der Waals surface area contributed by atoms with Crippen molar-refractivity contribution >= 4 is 11.9 Å². The third-order valence-electron chi connectivity index (χ3n) is 4.08. The van der Waals surface area contributed by atoms with Crippen LogP contribution in [0.5, 0.6) is 0 Å². The number of amides is 1. The van der Waals surface area contributed by atoms with Gasteiger partial charge in [-0.25, -0.2) is 4.79 Å². The maximum Gasteiger partial charge on any atom is 0.338 e. The third-order valence-corrected chi connectivity index (χ3v) is 4.08. The molecule has 2 aromatic rings. The number of hydrogen-bond acceptors (Lipinski definition) is 4. The zero-order valence-electron chi connectivity index (χ0n) is 15.8. The Labute approximate surface area is 155 Å². The average molecular weight is 354 g/mol. The first-order valence-corrected chi connectivity index (χ1v) is 8.63. The third kappa shape index (κ3) is 5.17. The van der Waals surface area contributed by atoms with Gasteiger partial charge in [0.05, 0.1) is 12.7 Å². The first kappa shape index (κ1) is 19.7. The predicted octanol–water partition coefficient (Wildman–Crippen LogP) is 3.07. The molecule has 0 saturated carbocycles. The standard InChI is InChI=1S/C21H26N2O3/c1-15(14-23(2)3)13-22-20(24)17-11-9-16(10-12-17)18-7-5-6-8-19(18)21(25)26-4/h5-12,15H,13-14H2,1-4H3,(H,22,24)/t15-/m0/s1. The smallest absolute Gasteiger partial charge is 0.338 e. The summed E-state index contributed by atoms with van der Waals surface area (Å²) in [6, 6.07) is 14.5. The van der Waals surface area contributed by atoms with Gasteiger partial charge in [0.15, 0.2) is 0 Å². The van der Waals surface area contributed by atoms with E-state index in [0.717, 1.165) is 17.7 Å². The quantitative estimate of drug-likeness (QED) is 0.777. The maximum absolute atomic E-state index is 12.3. The number of carbonyl (C=O) groups is 2. The van der Waals surface area contributed by atoms with Crippen molar-refractivity contribution in [3.63, 3.8) is 0 Å². The highest BCUT2D eigenvalue weighted by atomic mass is 16.5. The van der Waals surface area contributed by atoms with Crippen LogP contribution in [0.25, 0.3) is 11.1 Å². The molecule has 0 aromatic heterocycles. The number of benzene rings is 2. The molecule has 138 valence electrons. The molecular formula is C21H26N2O3. The summed E-state index contributed by atoms with van der Waals surface area (Å²) in [6.45, 7) is 3.65. The lowest BCUT2D eigenvalue weighted by Gasteiger charge is -2.17. The fourth-order valence-corrected chi connectivity index (χ4v) is 2.88. The van der Waals surface area contributed by atoms with Gasteiger partial charge in [0.1, 0.15) is 0 Å². The Balaban J connectivity index is 2.09. The molecule has 1 atom stereocenters. The maximum atomic E-state index is 12.3. The number of ether oxygens (including phenoxy) is 1. The second-order valence-corrected chi connectivity index (χ2v) is 6.69. The van der Waals surface area contributed by atoms with E-state index in [9.17, 15) is 9.59 Å². The first-order chi connectivity index (χ1) is 12.4. The predicted molar refractivity (Wildman–Crippen MR) is 103 cm³/mol. The topological polar surface area (TPSA) is 58.6 Å². The molecule has 0 bridgehead atoms. The Bertz CT molecular complexity index is 754. The normalized spacial score (nSPS) is 11.9. The SMILES string of the molecule is COC(=O)c1ccccc1-c1ccc(C(=O)NC[C@H](C)CN(C)C)cc1. The van der Waals surface area contributed by atoms with Crippen LogP contribution in [-0.2, 0) is 4.74 Å². The average Bonchev–Trinajstić information content (AvgIpc) is 2.65. The summed E-state index contributed by atoms with van der Waals surface area (Å²) >= 11 is 0. The summed E-state index contributed by atoms with van der Waals surface area (Å²) in [6.07, 6.45) is 0. The number of esters is 1. The fraction of sp³-hybridized carbons (Fsp3) is 0.333. The van der Waals surface area contributed by atoms with Crippen LogP contribution >= 0.6 is 0 Å². The lowest BCUT2D eigenvalue weighted by molar-refractivity contribution is 0.0601. The van der Waals surface area contributed by atoms with Crippen molar-refractivity contribution in [3.05, 3.63) is 59.7 Å². The molecule has 0 aliphatic carbocycles. The minimum Gasteiger partial charge on any atom is -0.465 e. The molecule has 5 heteroatoms. The van der Waals surface area contributed by atoms with Crippen molar-refractivity contribution in [1.29, 1.82) is 0 Å². The minimum absolute atomic E-state index is 0.0941. The number of carbonyl (C=O) groups excluding carboxylic acids is 2. The molecule has 0 saturated heterocycles. The summed E-state index contributed by atoms with van der Waals surface area (Å²) in [5.41, 5.74) is 2.75. The molecule has 0 unspecified atom stereocenters. The molecular weight excluding hydrogens is 328 g/mol. The van der Waals surface area contributed by atoms with Gasteiger partial charge < -0.3 is 15.0 Å². The lowest BCUT2D eigenvalue weighted by Crippen LogP contribution is -2.32. The van der Waals surface area contributed by atoms with Crippen molar-refractivity contribution in [2.75, 3.05) is 34.3 Å². The van der Waals surface area contributed by atoms with Gasteiger partial charge in [0, 0.05) is 18.7 Å². The summed E-state index contributed by atoms with van der Waals surface area (Å²) in [7, 11) is 5.40. The largest absolute Gasteiger partial charge is 0.465 e. The summed E-state index contributed by atoms with van der Waals surface area (Å²) < 4.78 is 4.84. The molecule has 26 heavy (non-hydrogen) atoms. The van der Waals surface area contributed by atoms with Crippen molar-refractivity contribution in [2.24, 2.45) is 5.92 Å². The Morgan fingerprint density at radius 1 is 1.08 bits per heavy atom. The highest BCUT2D eigenvalue weighted by Crippen LogP contribution is 2.24. The number of hydrogen-bond donors (Lipinski definition) is 1. The van der Waals surface area contributed by atoms with E-state index in [0.29, 0.717) is 23.6 Å². The fourth-order valence-electron chi connectivity index (χ4n) is 2.88. The van der Waals surface area contributed by atoms with E-state index in [4.69, 9.17) is 4.74 Å². The second-order valence-electron chi connectivity index (χ2n) is 6.69. The number of nitrogens with zero attached hydrogens (tertiary/aromatic N) is 1. The Hall–Kier alpha value is -2.66. The van der Waals surface area contributed by atoms with Crippen LogP contribution in [0.15, 0.2) is 48.5 Å². The summed E-state index contributed by atoms with van der Waals surface area (Å²) in [5.74, 6) is -0.0964. The summed E-state index contributed by atoms with van der Waals surface area (Å²) in [4.78, 5) is 26.3. The van der Waals surface area contributed by atoms with E-state index >= 15 is 0 Å². The van der Waals surface area contributed by atoms with Crippen LogP contribution < -0.4 is 5.32 Å². The molecule has 1 amide bonds. The lowest BCUT2D eigenvalue weighted by atomic mass is 9.98. The van der Waals surface area contributed by atoms with Crippen molar-refractivity contribution in [2.45, 2.75) is 6.92 Å². The van der Waals surface area contributed by atoms with Gasteiger partial charge in [-0.2, -0.15) is 0 Å².